The number of methoxy groups -OCH3 is 1. The van der Waals surface area contributed by atoms with Gasteiger partial charge in [0.25, 0.3) is 5.56 Å². The normalized spacial score (nSPS) is 28.5. The van der Waals surface area contributed by atoms with Crippen LogP contribution in [-0.2, 0) is 16.1 Å². The predicted octanol–water partition coefficient (Wildman–Crippen LogP) is 3.02. The van der Waals surface area contributed by atoms with E-state index in [0.29, 0.717) is 18.4 Å². The van der Waals surface area contributed by atoms with E-state index in [1.165, 1.54) is 6.42 Å². The number of aromatic nitrogens is 1. The standard InChI is InChI=1S/C18H28N2O3/c1-18(22-2)8-6-14(7-9-18)20-11-13(10-16(19)17(20)21)12-23-15-4-3-5-15/h10-11,14-15H,3-9,12,19H2,1-2H3. The van der Waals surface area contributed by atoms with Crippen LogP contribution < -0.4 is 11.3 Å². The zero-order valence-electron chi connectivity index (χ0n) is 14.2. The number of anilines is 1. The molecule has 0 bridgehead atoms. The van der Waals surface area contributed by atoms with Crippen molar-refractivity contribution in [1.29, 1.82) is 0 Å². The Morgan fingerprint density at radius 2 is 2.00 bits per heavy atom. The molecule has 1 heterocycles. The van der Waals surface area contributed by atoms with Crippen molar-refractivity contribution in [2.45, 2.75) is 76.2 Å². The highest BCUT2D eigenvalue weighted by Gasteiger charge is 2.32. The average Bonchev–Trinajstić information content (AvgIpc) is 2.50. The lowest BCUT2D eigenvalue weighted by Crippen LogP contribution is -2.36. The van der Waals surface area contributed by atoms with E-state index in [1.807, 2.05) is 10.8 Å². The first kappa shape index (κ1) is 16.5. The van der Waals surface area contributed by atoms with Crippen LogP contribution in [0.25, 0.3) is 0 Å². The van der Waals surface area contributed by atoms with Crippen molar-refractivity contribution < 1.29 is 9.47 Å². The van der Waals surface area contributed by atoms with Crippen molar-refractivity contribution in [2.24, 2.45) is 0 Å². The molecule has 2 saturated carbocycles. The Hall–Kier alpha value is -1.33. The molecule has 0 aliphatic heterocycles. The van der Waals surface area contributed by atoms with Gasteiger partial charge in [0, 0.05) is 19.3 Å². The van der Waals surface area contributed by atoms with Gasteiger partial charge in [-0.05, 0) is 63.5 Å². The maximum Gasteiger partial charge on any atom is 0.273 e. The Labute approximate surface area is 137 Å². The molecule has 0 radical (unpaired) electrons. The van der Waals surface area contributed by atoms with E-state index in [-0.39, 0.29) is 17.2 Å². The first-order valence-corrected chi connectivity index (χ1v) is 8.68. The zero-order valence-corrected chi connectivity index (χ0v) is 14.2. The molecule has 0 atom stereocenters. The van der Waals surface area contributed by atoms with Crippen LogP contribution in [0.15, 0.2) is 17.1 Å². The number of rotatable bonds is 5. The topological polar surface area (TPSA) is 66.5 Å². The smallest absolute Gasteiger partial charge is 0.273 e. The van der Waals surface area contributed by atoms with Crippen LogP contribution in [0.4, 0.5) is 5.69 Å². The van der Waals surface area contributed by atoms with Crippen LogP contribution in [0.5, 0.6) is 0 Å². The van der Waals surface area contributed by atoms with Crippen LogP contribution in [-0.4, -0.2) is 23.4 Å². The van der Waals surface area contributed by atoms with Gasteiger partial charge >= 0.3 is 0 Å². The molecule has 0 unspecified atom stereocenters. The fourth-order valence-corrected chi connectivity index (χ4v) is 3.48. The highest BCUT2D eigenvalue weighted by atomic mass is 16.5. The lowest BCUT2D eigenvalue weighted by atomic mass is 9.83. The highest BCUT2D eigenvalue weighted by molar-refractivity contribution is 5.38. The molecule has 0 saturated heterocycles. The van der Waals surface area contributed by atoms with Gasteiger partial charge in [-0.3, -0.25) is 4.79 Å². The quantitative estimate of drug-likeness (QED) is 0.905. The van der Waals surface area contributed by atoms with Crippen LogP contribution in [0.2, 0.25) is 0 Å². The second-order valence-electron chi connectivity index (χ2n) is 7.27. The molecule has 0 aromatic carbocycles. The fourth-order valence-electron chi connectivity index (χ4n) is 3.48. The molecule has 0 spiro atoms. The summed E-state index contributed by atoms with van der Waals surface area (Å²) in [5.74, 6) is 0. The molecular formula is C18H28N2O3. The van der Waals surface area contributed by atoms with Gasteiger partial charge in [0.05, 0.1) is 24.0 Å². The molecule has 2 N–H and O–H groups in total. The van der Waals surface area contributed by atoms with E-state index in [4.69, 9.17) is 15.2 Å². The fraction of sp³-hybridized carbons (Fsp3) is 0.722. The highest BCUT2D eigenvalue weighted by Crippen LogP contribution is 2.36. The van der Waals surface area contributed by atoms with E-state index < -0.39 is 0 Å². The molecule has 5 nitrogen and oxygen atoms in total. The molecule has 23 heavy (non-hydrogen) atoms. The average molecular weight is 320 g/mol. The van der Waals surface area contributed by atoms with Crippen LogP contribution in [0, 0.1) is 0 Å². The van der Waals surface area contributed by atoms with E-state index in [9.17, 15) is 4.79 Å². The number of hydrogen-bond acceptors (Lipinski definition) is 4. The Kier molecular flexibility index (Phi) is 4.78. The number of nitrogens with zero attached hydrogens (tertiary/aromatic N) is 1. The molecule has 2 aliphatic carbocycles. The number of nitrogen functional groups attached to an aromatic ring is 1. The van der Waals surface area contributed by atoms with Crippen molar-refractivity contribution in [2.75, 3.05) is 12.8 Å². The zero-order chi connectivity index (χ0) is 16.4. The maximum absolute atomic E-state index is 12.4. The third kappa shape index (κ3) is 3.61. The van der Waals surface area contributed by atoms with Crippen molar-refractivity contribution in [3.63, 3.8) is 0 Å². The predicted molar refractivity (Wildman–Crippen MR) is 90.5 cm³/mol. The molecular weight excluding hydrogens is 292 g/mol. The molecule has 1 aromatic rings. The summed E-state index contributed by atoms with van der Waals surface area (Å²) in [5, 5.41) is 0. The minimum atomic E-state index is -0.0802. The Morgan fingerprint density at radius 1 is 1.30 bits per heavy atom. The first-order valence-electron chi connectivity index (χ1n) is 8.68. The Morgan fingerprint density at radius 3 is 2.57 bits per heavy atom. The van der Waals surface area contributed by atoms with Gasteiger partial charge in [-0.1, -0.05) is 0 Å². The van der Waals surface area contributed by atoms with Gasteiger partial charge in [0.15, 0.2) is 0 Å². The van der Waals surface area contributed by atoms with Crippen LogP contribution in [0.1, 0.15) is 63.5 Å². The maximum atomic E-state index is 12.4. The lowest BCUT2D eigenvalue weighted by molar-refractivity contribution is -0.0326. The Balaban J connectivity index is 1.73. The summed E-state index contributed by atoms with van der Waals surface area (Å²) >= 11 is 0. The molecule has 2 aliphatic rings. The molecule has 1 aromatic heterocycles. The van der Waals surface area contributed by atoms with Crippen LogP contribution >= 0.6 is 0 Å². The molecule has 3 rings (SSSR count). The summed E-state index contributed by atoms with van der Waals surface area (Å²) in [6.45, 7) is 2.68. The molecule has 0 amide bonds. The number of ether oxygens (including phenoxy) is 2. The summed E-state index contributed by atoms with van der Waals surface area (Å²) in [5.41, 5.74) is 7.12. The van der Waals surface area contributed by atoms with Gasteiger partial charge in [0.2, 0.25) is 0 Å². The molecule has 2 fully saturated rings. The van der Waals surface area contributed by atoms with E-state index in [1.54, 1.807) is 13.2 Å². The van der Waals surface area contributed by atoms with E-state index in [2.05, 4.69) is 6.92 Å². The van der Waals surface area contributed by atoms with E-state index in [0.717, 1.165) is 44.1 Å². The van der Waals surface area contributed by atoms with Gasteiger partial charge in [0.1, 0.15) is 0 Å². The monoisotopic (exact) mass is 320 g/mol. The second kappa shape index (κ2) is 6.65. The van der Waals surface area contributed by atoms with Crippen molar-refractivity contribution >= 4 is 5.69 Å². The summed E-state index contributed by atoms with van der Waals surface area (Å²) in [4.78, 5) is 12.4. The first-order chi connectivity index (χ1) is 11.0. The van der Waals surface area contributed by atoms with Gasteiger partial charge in [-0.2, -0.15) is 0 Å². The third-order valence-electron chi connectivity index (χ3n) is 5.56. The van der Waals surface area contributed by atoms with Gasteiger partial charge in [-0.15, -0.1) is 0 Å². The summed E-state index contributed by atoms with van der Waals surface area (Å²) < 4.78 is 13.3. The number of hydrogen-bond donors (Lipinski definition) is 1. The van der Waals surface area contributed by atoms with Crippen molar-refractivity contribution in [1.82, 2.24) is 4.57 Å². The lowest BCUT2D eigenvalue weighted by Gasteiger charge is -2.37. The Bertz CT molecular complexity index is 599. The van der Waals surface area contributed by atoms with Gasteiger partial charge in [-0.25, -0.2) is 0 Å². The third-order valence-corrected chi connectivity index (χ3v) is 5.56. The van der Waals surface area contributed by atoms with Gasteiger partial charge < -0.3 is 19.8 Å². The summed E-state index contributed by atoms with van der Waals surface area (Å²) in [6, 6.07) is 1.97. The van der Waals surface area contributed by atoms with E-state index >= 15 is 0 Å². The number of pyridine rings is 1. The molecule has 5 heteroatoms. The summed E-state index contributed by atoms with van der Waals surface area (Å²) in [6.07, 6.45) is 9.68. The summed E-state index contributed by atoms with van der Waals surface area (Å²) in [7, 11) is 1.77. The number of nitrogens with two attached hydrogens (primary N) is 1. The van der Waals surface area contributed by atoms with Crippen LogP contribution in [0.3, 0.4) is 0 Å². The van der Waals surface area contributed by atoms with Crippen molar-refractivity contribution in [3.8, 4) is 0 Å². The molecule has 128 valence electrons. The minimum Gasteiger partial charge on any atom is -0.394 e. The SMILES string of the molecule is COC1(C)CCC(n2cc(COC3CCC3)cc(N)c2=O)CC1. The van der Waals surface area contributed by atoms with Crippen molar-refractivity contribution in [3.05, 3.63) is 28.2 Å². The second-order valence-corrected chi connectivity index (χ2v) is 7.27. The minimum absolute atomic E-state index is 0.0589. The largest absolute Gasteiger partial charge is 0.394 e.